The number of ether oxygens (including phenoxy) is 1. The minimum atomic E-state index is -0.605. The van der Waals surface area contributed by atoms with Gasteiger partial charge in [-0.1, -0.05) is 33.8 Å². The molecule has 162 valence electrons. The Morgan fingerprint density at radius 3 is 2.41 bits per heavy atom. The molecule has 0 radical (unpaired) electrons. The maximum absolute atomic E-state index is 12.6. The lowest BCUT2D eigenvalue weighted by molar-refractivity contribution is -0.148. The van der Waals surface area contributed by atoms with Gasteiger partial charge in [0.05, 0.1) is 17.6 Å². The molecule has 0 spiro atoms. The number of amides is 3. The number of hydrogen-bond donors (Lipinski definition) is 5. The van der Waals surface area contributed by atoms with Crippen LogP contribution in [0.2, 0.25) is 0 Å². The number of carbonyl (C=O) groups excluding carboxylic acids is 3. The minimum absolute atomic E-state index is 0.0448. The van der Waals surface area contributed by atoms with Crippen LogP contribution in [0.5, 0.6) is 5.75 Å². The van der Waals surface area contributed by atoms with Crippen molar-refractivity contribution >= 4 is 23.6 Å². The van der Waals surface area contributed by atoms with E-state index in [-0.39, 0.29) is 41.9 Å². The fourth-order valence-corrected chi connectivity index (χ4v) is 2.52. The molecule has 0 aliphatic heterocycles. The van der Waals surface area contributed by atoms with Gasteiger partial charge in [0.1, 0.15) is 12.4 Å². The van der Waals surface area contributed by atoms with Gasteiger partial charge in [-0.25, -0.2) is 4.79 Å². The second kappa shape index (κ2) is 11.9. The molecule has 3 amide bonds. The molecule has 0 aliphatic rings. The molecular formula is C20H32N4O5. The van der Waals surface area contributed by atoms with Gasteiger partial charge in [0.15, 0.2) is 0 Å². The van der Waals surface area contributed by atoms with Crippen molar-refractivity contribution in [3.63, 3.8) is 0 Å². The number of aromatic hydroxyl groups is 1. The van der Waals surface area contributed by atoms with Crippen molar-refractivity contribution in [2.45, 2.75) is 59.2 Å². The second-order valence-corrected chi connectivity index (χ2v) is 7.41. The first-order valence-electron chi connectivity index (χ1n) is 9.68. The largest absolute Gasteiger partial charge is 0.506 e. The molecule has 1 unspecified atom stereocenters. The van der Waals surface area contributed by atoms with E-state index in [4.69, 9.17) is 10.5 Å². The quantitative estimate of drug-likeness (QED) is 0.215. The van der Waals surface area contributed by atoms with E-state index >= 15 is 0 Å². The smallest absolute Gasteiger partial charge is 0.312 e. The lowest BCUT2D eigenvalue weighted by Gasteiger charge is -2.21. The van der Waals surface area contributed by atoms with Gasteiger partial charge in [0.2, 0.25) is 5.91 Å². The molecule has 0 bridgehead atoms. The van der Waals surface area contributed by atoms with Crippen LogP contribution in [0.4, 0.5) is 10.5 Å². The van der Waals surface area contributed by atoms with Crippen LogP contribution in [0.15, 0.2) is 18.2 Å². The predicted octanol–water partition coefficient (Wildman–Crippen LogP) is 1.85. The van der Waals surface area contributed by atoms with Crippen LogP contribution in [-0.2, 0) is 20.9 Å². The highest BCUT2D eigenvalue weighted by atomic mass is 16.5. The number of carbonyl (C=O) groups is 3. The van der Waals surface area contributed by atoms with Crippen molar-refractivity contribution in [2.24, 2.45) is 11.7 Å². The number of nitrogens with one attached hydrogen (secondary N) is 3. The molecule has 0 saturated carbocycles. The molecule has 0 saturated heterocycles. The molecule has 29 heavy (non-hydrogen) atoms. The normalized spacial score (nSPS) is 11.9. The highest BCUT2D eigenvalue weighted by molar-refractivity contribution is 5.96. The van der Waals surface area contributed by atoms with Gasteiger partial charge in [-0.3, -0.25) is 9.59 Å². The van der Waals surface area contributed by atoms with Crippen molar-refractivity contribution in [3.05, 3.63) is 23.8 Å². The van der Waals surface area contributed by atoms with Gasteiger partial charge in [-0.05, 0) is 30.5 Å². The first kappa shape index (κ1) is 24.2. The van der Waals surface area contributed by atoms with Crippen molar-refractivity contribution in [1.29, 1.82) is 0 Å². The van der Waals surface area contributed by atoms with Gasteiger partial charge < -0.3 is 31.5 Å². The Hall–Kier alpha value is -2.81. The first-order valence-corrected chi connectivity index (χ1v) is 9.68. The number of benzene rings is 1. The molecule has 6 N–H and O–H groups in total. The number of nitrogens with two attached hydrogens (primary N) is 1. The van der Waals surface area contributed by atoms with E-state index in [1.54, 1.807) is 26.0 Å². The summed E-state index contributed by atoms with van der Waals surface area (Å²) in [7, 11) is 0. The zero-order valence-electron chi connectivity index (χ0n) is 17.5. The van der Waals surface area contributed by atoms with Gasteiger partial charge in [-0.2, -0.15) is 0 Å². The van der Waals surface area contributed by atoms with Crippen LogP contribution in [-0.4, -0.2) is 41.6 Å². The molecule has 0 fully saturated rings. The van der Waals surface area contributed by atoms with Crippen molar-refractivity contribution in [2.75, 3.05) is 11.9 Å². The Kier molecular flexibility index (Phi) is 9.94. The summed E-state index contributed by atoms with van der Waals surface area (Å²) in [5.41, 5.74) is 5.91. The lowest BCUT2D eigenvalue weighted by atomic mass is 10.1. The third kappa shape index (κ3) is 9.29. The van der Waals surface area contributed by atoms with Crippen molar-refractivity contribution in [3.8, 4) is 5.75 Å². The molecule has 0 aromatic heterocycles. The maximum atomic E-state index is 12.6. The number of phenols is 1. The van der Waals surface area contributed by atoms with Crippen LogP contribution in [0.3, 0.4) is 0 Å². The first-order chi connectivity index (χ1) is 13.6. The highest BCUT2D eigenvalue weighted by Crippen LogP contribution is 2.25. The molecule has 1 atom stereocenters. The average Bonchev–Trinajstić information content (AvgIpc) is 2.63. The summed E-state index contributed by atoms with van der Waals surface area (Å²) in [5, 5.41) is 18.6. The Balaban J connectivity index is 2.70. The van der Waals surface area contributed by atoms with E-state index < -0.39 is 12.1 Å². The molecule has 0 aliphatic carbocycles. The molecule has 1 aromatic rings. The number of urea groups is 1. The Bertz CT molecular complexity index is 706. The summed E-state index contributed by atoms with van der Waals surface area (Å²) in [6.45, 7) is 7.74. The number of hydrogen-bond acceptors (Lipinski definition) is 6. The van der Waals surface area contributed by atoms with Crippen molar-refractivity contribution < 1.29 is 24.2 Å². The summed E-state index contributed by atoms with van der Waals surface area (Å²) in [6.07, 6.45) is 1.04. The third-order valence-corrected chi connectivity index (χ3v) is 3.99. The Morgan fingerprint density at radius 2 is 1.86 bits per heavy atom. The fraction of sp³-hybridized carbons (Fsp3) is 0.550. The number of primary amides is 1. The van der Waals surface area contributed by atoms with E-state index in [2.05, 4.69) is 16.0 Å². The predicted molar refractivity (Wildman–Crippen MR) is 110 cm³/mol. The molecule has 1 aromatic carbocycles. The van der Waals surface area contributed by atoms with Gasteiger partial charge in [0.25, 0.3) is 0 Å². The highest BCUT2D eigenvalue weighted by Gasteiger charge is 2.20. The SMILES string of the molecule is CC(C)NC(CCCNC(N)=O)C(=O)Nc1ccc(COC(=O)C(C)C)cc1O. The number of anilines is 1. The van der Waals surface area contributed by atoms with E-state index in [9.17, 15) is 19.5 Å². The minimum Gasteiger partial charge on any atom is -0.506 e. The van der Waals surface area contributed by atoms with Crippen LogP contribution < -0.4 is 21.7 Å². The summed E-state index contributed by atoms with van der Waals surface area (Å²) in [4.78, 5) is 34.9. The standard InChI is InChI=1S/C20H32N4O5/c1-12(2)19(27)29-11-14-7-8-15(17(25)10-14)24-18(26)16(23-13(3)4)6-5-9-22-20(21)28/h7-8,10,12-13,16,23,25H,5-6,9,11H2,1-4H3,(H,24,26)(H3,21,22,28). The molecule has 1 rings (SSSR count). The molecular weight excluding hydrogens is 376 g/mol. The summed E-state index contributed by atoms with van der Waals surface area (Å²) in [5.74, 6) is -0.969. The topological polar surface area (TPSA) is 143 Å². The van der Waals surface area contributed by atoms with E-state index in [0.717, 1.165) is 0 Å². The van der Waals surface area contributed by atoms with Crippen molar-refractivity contribution in [1.82, 2.24) is 10.6 Å². The van der Waals surface area contributed by atoms with E-state index in [0.29, 0.717) is 24.9 Å². The van der Waals surface area contributed by atoms with E-state index in [1.807, 2.05) is 13.8 Å². The average molecular weight is 408 g/mol. The number of phenolic OH excluding ortho intramolecular Hbond substituents is 1. The zero-order valence-corrected chi connectivity index (χ0v) is 17.5. The van der Waals surface area contributed by atoms with Gasteiger partial charge in [-0.15, -0.1) is 0 Å². The second-order valence-electron chi connectivity index (χ2n) is 7.41. The maximum Gasteiger partial charge on any atom is 0.312 e. The molecule has 9 heteroatoms. The van der Waals surface area contributed by atoms with Gasteiger partial charge in [0, 0.05) is 12.6 Å². The van der Waals surface area contributed by atoms with Crippen LogP contribution in [0.1, 0.15) is 46.1 Å². The summed E-state index contributed by atoms with van der Waals surface area (Å²) in [6, 6.07) is 3.65. The van der Waals surface area contributed by atoms with Crippen LogP contribution in [0, 0.1) is 5.92 Å². The number of rotatable bonds is 11. The monoisotopic (exact) mass is 408 g/mol. The van der Waals surface area contributed by atoms with Crippen LogP contribution >= 0.6 is 0 Å². The summed E-state index contributed by atoms with van der Waals surface area (Å²) < 4.78 is 5.13. The van der Waals surface area contributed by atoms with Crippen LogP contribution in [0.25, 0.3) is 0 Å². The fourth-order valence-electron chi connectivity index (χ4n) is 2.52. The summed E-state index contributed by atoms with van der Waals surface area (Å²) >= 11 is 0. The Labute approximate surface area is 171 Å². The Morgan fingerprint density at radius 1 is 1.17 bits per heavy atom. The number of esters is 1. The lowest BCUT2D eigenvalue weighted by Crippen LogP contribution is -2.44. The third-order valence-electron chi connectivity index (χ3n) is 3.99. The zero-order chi connectivity index (χ0) is 22.0. The van der Waals surface area contributed by atoms with E-state index in [1.165, 1.54) is 6.07 Å². The molecule has 9 nitrogen and oxygen atoms in total. The molecule has 0 heterocycles. The van der Waals surface area contributed by atoms with Gasteiger partial charge >= 0.3 is 12.0 Å².